The summed E-state index contributed by atoms with van der Waals surface area (Å²) in [5, 5.41) is 3.03. The first-order valence-electron chi connectivity index (χ1n) is 31.4. The van der Waals surface area contributed by atoms with Crippen LogP contribution in [0.3, 0.4) is 0 Å². The quantitative estimate of drug-likeness (QED) is 0.0212. The highest BCUT2D eigenvalue weighted by molar-refractivity contribution is 7.45. The van der Waals surface area contributed by atoms with E-state index in [2.05, 4.69) is 62.5 Å². The van der Waals surface area contributed by atoms with Crippen molar-refractivity contribution in [3.63, 3.8) is 0 Å². The molecule has 0 rings (SSSR count). The molecule has 0 saturated heterocycles. The molecule has 0 heterocycles. The van der Waals surface area contributed by atoms with Gasteiger partial charge in [-0.05, 0) is 70.3 Å². The molecule has 9 nitrogen and oxygen atoms in total. The van der Waals surface area contributed by atoms with Crippen LogP contribution in [0, 0.1) is 0 Å². The van der Waals surface area contributed by atoms with E-state index in [1.165, 1.54) is 193 Å². The van der Waals surface area contributed by atoms with Gasteiger partial charge in [0.15, 0.2) is 0 Å². The summed E-state index contributed by atoms with van der Waals surface area (Å²) in [6.07, 6.45) is 66.4. The van der Waals surface area contributed by atoms with Crippen LogP contribution >= 0.6 is 7.82 Å². The number of phosphoric ester groups is 1. The molecule has 0 aromatic heterocycles. The molecule has 74 heavy (non-hydrogen) atoms. The number of quaternary nitrogens is 1. The molecule has 0 fully saturated rings. The lowest BCUT2D eigenvalue weighted by Gasteiger charge is -2.30. The Balaban J connectivity index is 5.16. The molecule has 0 aromatic carbocycles. The van der Waals surface area contributed by atoms with Gasteiger partial charge in [0, 0.05) is 12.8 Å². The lowest BCUT2D eigenvalue weighted by Crippen LogP contribution is -2.47. The molecular formula is C64H121N2O7P. The molecule has 0 aliphatic carbocycles. The van der Waals surface area contributed by atoms with Crippen molar-refractivity contribution in [3.8, 4) is 0 Å². The summed E-state index contributed by atoms with van der Waals surface area (Å²) in [6, 6.07) is -0.886. The maximum absolute atomic E-state index is 13.5. The zero-order valence-corrected chi connectivity index (χ0v) is 50.4. The number of rotatable bonds is 57. The number of carbonyl (C=O) groups is 2. The van der Waals surface area contributed by atoms with Crippen LogP contribution in [-0.4, -0.2) is 69.4 Å². The Morgan fingerprint density at radius 1 is 0.473 bits per heavy atom. The maximum atomic E-state index is 13.5. The van der Waals surface area contributed by atoms with E-state index < -0.39 is 20.0 Å². The Morgan fingerprint density at radius 2 is 0.824 bits per heavy atom. The van der Waals surface area contributed by atoms with Gasteiger partial charge in [0.2, 0.25) is 5.91 Å². The van der Waals surface area contributed by atoms with Crippen molar-refractivity contribution in [1.82, 2.24) is 5.32 Å². The van der Waals surface area contributed by atoms with Crippen LogP contribution in [0.15, 0.2) is 48.6 Å². The fourth-order valence-corrected chi connectivity index (χ4v) is 9.84. The molecule has 0 bridgehead atoms. The van der Waals surface area contributed by atoms with Crippen LogP contribution in [0.4, 0.5) is 0 Å². The Bertz CT molecular complexity index is 1410. The summed E-state index contributed by atoms with van der Waals surface area (Å²) in [4.78, 5) is 39.9. The van der Waals surface area contributed by atoms with Crippen molar-refractivity contribution >= 4 is 19.7 Å². The molecular weight excluding hydrogens is 940 g/mol. The molecule has 3 unspecified atom stereocenters. The van der Waals surface area contributed by atoms with Crippen molar-refractivity contribution in [2.45, 2.75) is 309 Å². The highest BCUT2D eigenvalue weighted by Crippen LogP contribution is 2.38. The lowest BCUT2D eigenvalue weighted by molar-refractivity contribution is -0.870. The van der Waals surface area contributed by atoms with Crippen molar-refractivity contribution < 1.29 is 37.3 Å². The number of amides is 1. The third-order valence-corrected chi connectivity index (χ3v) is 15.0. The first-order chi connectivity index (χ1) is 35.9. The second-order valence-corrected chi connectivity index (χ2v) is 24.0. The van der Waals surface area contributed by atoms with Gasteiger partial charge >= 0.3 is 5.97 Å². The van der Waals surface area contributed by atoms with Gasteiger partial charge in [-0.2, -0.15) is 0 Å². The Morgan fingerprint density at radius 3 is 1.26 bits per heavy atom. The minimum atomic E-state index is -4.69. The summed E-state index contributed by atoms with van der Waals surface area (Å²) < 4.78 is 30.3. The summed E-state index contributed by atoms with van der Waals surface area (Å²) in [7, 11) is 1.19. The second kappa shape index (κ2) is 54.3. The molecule has 0 radical (unpaired) electrons. The van der Waals surface area contributed by atoms with E-state index in [9.17, 15) is 19.0 Å². The van der Waals surface area contributed by atoms with Crippen LogP contribution in [0.5, 0.6) is 0 Å². The van der Waals surface area contributed by atoms with Crippen molar-refractivity contribution in [1.29, 1.82) is 0 Å². The first-order valence-corrected chi connectivity index (χ1v) is 32.9. The monoisotopic (exact) mass is 1060 g/mol. The molecule has 0 spiro atoms. The van der Waals surface area contributed by atoms with Crippen LogP contribution in [0.2, 0.25) is 0 Å². The Kier molecular flexibility index (Phi) is 52.8. The number of ether oxygens (including phenoxy) is 1. The molecule has 0 aromatic rings. The fraction of sp³-hybridized carbons (Fsp3) is 0.844. The predicted octanol–water partition coefficient (Wildman–Crippen LogP) is 18.6. The normalized spacial score (nSPS) is 14.0. The number of allylic oxidation sites excluding steroid dienone is 7. The average Bonchev–Trinajstić information content (AvgIpc) is 3.36. The molecule has 3 atom stereocenters. The number of nitrogens with one attached hydrogen (secondary N) is 1. The van der Waals surface area contributed by atoms with Crippen LogP contribution < -0.4 is 10.2 Å². The van der Waals surface area contributed by atoms with E-state index in [0.29, 0.717) is 17.4 Å². The molecule has 434 valence electrons. The van der Waals surface area contributed by atoms with Gasteiger partial charge in [-0.1, -0.05) is 262 Å². The number of carbonyl (C=O) groups excluding carboxylic acids is 2. The summed E-state index contributed by atoms with van der Waals surface area (Å²) >= 11 is 0. The number of esters is 1. The summed E-state index contributed by atoms with van der Waals surface area (Å²) in [6.45, 7) is 6.83. The SMILES string of the molecule is CCCCC/C=C\C/C=C\C/C=C\CCCCCCCCCCCCC(=O)OC(/C=C/CCCCCCCCCCCC)C(COP(=O)([O-])OCC[N+](C)(C)C)NC(=O)CCCCCCCCCCCCCCC. The van der Waals surface area contributed by atoms with E-state index in [0.717, 1.165) is 70.6 Å². The van der Waals surface area contributed by atoms with Gasteiger partial charge in [0.25, 0.3) is 7.82 Å². The van der Waals surface area contributed by atoms with E-state index in [1.807, 2.05) is 33.3 Å². The van der Waals surface area contributed by atoms with Crippen molar-refractivity contribution in [3.05, 3.63) is 48.6 Å². The Labute approximate surface area is 458 Å². The average molecular weight is 1060 g/mol. The maximum Gasteiger partial charge on any atom is 0.306 e. The fourth-order valence-electron chi connectivity index (χ4n) is 9.12. The highest BCUT2D eigenvalue weighted by Gasteiger charge is 2.27. The molecule has 0 aliphatic heterocycles. The number of likely N-dealkylation sites (N-methyl/N-ethyl adjacent to an activating group) is 1. The number of nitrogens with zero attached hydrogens (tertiary/aromatic N) is 1. The smallest absolute Gasteiger partial charge is 0.306 e. The predicted molar refractivity (Wildman–Crippen MR) is 316 cm³/mol. The summed E-state index contributed by atoms with van der Waals surface area (Å²) in [5.41, 5.74) is 0. The van der Waals surface area contributed by atoms with Crippen LogP contribution in [-0.2, 0) is 27.9 Å². The van der Waals surface area contributed by atoms with Gasteiger partial charge in [-0.3, -0.25) is 14.2 Å². The van der Waals surface area contributed by atoms with Gasteiger partial charge in [0.1, 0.15) is 19.3 Å². The van der Waals surface area contributed by atoms with Crippen LogP contribution in [0.1, 0.15) is 297 Å². The van der Waals surface area contributed by atoms with Gasteiger partial charge in [-0.25, -0.2) is 0 Å². The van der Waals surface area contributed by atoms with Gasteiger partial charge in [-0.15, -0.1) is 0 Å². The third kappa shape index (κ3) is 54.7. The standard InChI is InChI=1S/C64H121N2O7P/c1-7-10-13-16-19-22-25-28-29-30-31-32-33-34-35-36-37-39-42-45-48-51-54-57-64(68)73-62(55-52-49-46-43-40-27-24-21-18-15-12-9-3)61(60-72-74(69,70)71-59-58-66(4,5)6)65-63(67)56-53-50-47-44-41-38-26-23-20-17-14-11-8-2/h19,22,28-29,31-32,52,55,61-62H,7-18,20-21,23-27,30,33-51,53-54,56-60H2,1-6H3,(H-,65,67,69,70)/b22-19-,29-28-,32-31-,55-52+. The zero-order valence-electron chi connectivity index (χ0n) is 49.6. The summed E-state index contributed by atoms with van der Waals surface area (Å²) in [5.74, 6) is -0.535. The molecule has 0 aliphatic rings. The van der Waals surface area contributed by atoms with E-state index in [4.69, 9.17) is 13.8 Å². The minimum absolute atomic E-state index is 0.0215. The van der Waals surface area contributed by atoms with Crippen LogP contribution in [0.25, 0.3) is 0 Å². The topological polar surface area (TPSA) is 114 Å². The molecule has 1 amide bonds. The third-order valence-electron chi connectivity index (χ3n) is 14.0. The van der Waals surface area contributed by atoms with E-state index in [-0.39, 0.29) is 31.5 Å². The molecule has 10 heteroatoms. The lowest BCUT2D eigenvalue weighted by atomic mass is 10.0. The van der Waals surface area contributed by atoms with Crippen molar-refractivity contribution in [2.24, 2.45) is 0 Å². The second-order valence-electron chi connectivity index (χ2n) is 22.6. The number of phosphoric acid groups is 1. The first kappa shape index (κ1) is 72.0. The minimum Gasteiger partial charge on any atom is -0.756 e. The molecule has 0 saturated carbocycles. The van der Waals surface area contributed by atoms with E-state index in [1.54, 1.807) is 0 Å². The largest absolute Gasteiger partial charge is 0.756 e. The number of hydrogen-bond donors (Lipinski definition) is 1. The Hall–Kier alpha value is -2.03. The zero-order chi connectivity index (χ0) is 54.3. The van der Waals surface area contributed by atoms with Gasteiger partial charge < -0.3 is 28.5 Å². The highest BCUT2D eigenvalue weighted by atomic mass is 31.2. The number of unbranched alkanes of at least 4 members (excludes halogenated alkanes) is 35. The van der Waals surface area contributed by atoms with E-state index >= 15 is 0 Å². The molecule has 1 N–H and O–H groups in total. The number of hydrogen-bond acceptors (Lipinski definition) is 7. The van der Waals surface area contributed by atoms with Gasteiger partial charge in [0.05, 0.1) is 33.8 Å². The van der Waals surface area contributed by atoms with Crippen molar-refractivity contribution in [2.75, 3.05) is 40.9 Å².